The molecule has 30 heavy (non-hydrogen) atoms. The molecule has 2 aliphatic heterocycles. The van der Waals surface area contributed by atoms with Crippen molar-refractivity contribution in [3.8, 4) is 0 Å². The van der Waals surface area contributed by atoms with Crippen LogP contribution >= 0.6 is 0 Å². The Kier molecular flexibility index (Phi) is 5.07. The summed E-state index contributed by atoms with van der Waals surface area (Å²) in [4.78, 5) is 7.79. The average Bonchev–Trinajstić information content (AvgIpc) is 2.74. The van der Waals surface area contributed by atoms with Crippen LogP contribution in [0.1, 0.15) is 45.4 Å². The second-order valence-electron chi connectivity index (χ2n) is 10.1. The van der Waals surface area contributed by atoms with Gasteiger partial charge in [-0.1, -0.05) is 19.8 Å². The molecule has 1 atom stereocenters. The van der Waals surface area contributed by atoms with Crippen molar-refractivity contribution >= 4 is 21.4 Å². The fourth-order valence-corrected chi connectivity index (χ4v) is 7.45. The van der Waals surface area contributed by atoms with E-state index in [0.717, 1.165) is 63.6 Å². The molecule has 0 aromatic heterocycles. The van der Waals surface area contributed by atoms with Crippen LogP contribution in [0.25, 0.3) is 0 Å². The summed E-state index contributed by atoms with van der Waals surface area (Å²) in [6, 6.07) is 6.15. The maximum Gasteiger partial charge on any atom is 0.245 e. The number of likely N-dealkylation sites (N-methyl/N-ethyl adjacent to an activating group) is 2. The molecule has 7 heteroatoms. The standard InChI is InChI=1S/C23H36N4O2S/c1-4-5-6-20-17-27(23-14-18(15-23)16-23)21-13-19(26-11-9-24(2)10-12-26)7-8-22(21)30(28,29)25(20)3/h7-8,13,18,20H,4-6,9-12,14-17H2,1-3H3. The van der Waals surface area contributed by atoms with E-state index >= 15 is 0 Å². The van der Waals surface area contributed by atoms with Gasteiger partial charge in [-0.3, -0.25) is 0 Å². The molecular weight excluding hydrogens is 396 g/mol. The Balaban J connectivity index is 1.56. The molecule has 2 bridgehead atoms. The van der Waals surface area contributed by atoms with E-state index in [9.17, 15) is 8.42 Å². The molecule has 0 radical (unpaired) electrons. The lowest BCUT2D eigenvalue weighted by Crippen LogP contribution is -2.69. The van der Waals surface area contributed by atoms with E-state index in [0.29, 0.717) is 4.90 Å². The van der Waals surface area contributed by atoms with Crippen molar-refractivity contribution in [2.45, 2.75) is 61.9 Å². The highest BCUT2D eigenvalue weighted by molar-refractivity contribution is 7.89. The van der Waals surface area contributed by atoms with Gasteiger partial charge in [0.15, 0.2) is 0 Å². The zero-order chi connectivity index (χ0) is 21.1. The van der Waals surface area contributed by atoms with Gasteiger partial charge in [-0.25, -0.2) is 8.42 Å². The normalized spacial score (nSPS) is 33.4. The summed E-state index contributed by atoms with van der Waals surface area (Å²) >= 11 is 0. The lowest BCUT2D eigenvalue weighted by atomic mass is 9.49. The Morgan fingerprint density at radius 3 is 2.37 bits per heavy atom. The molecule has 0 N–H and O–H groups in total. The number of sulfonamides is 1. The minimum absolute atomic E-state index is 0.0449. The number of nitrogens with zero attached hydrogens (tertiary/aromatic N) is 4. The van der Waals surface area contributed by atoms with E-state index in [1.165, 1.54) is 24.9 Å². The van der Waals surface area contributed by atoms with Crippen molar-refractivity contribution in [2.75, 3.05) is 56.6 Å². The lowest BCUT2D eigenvalue weighted by molar-refractivity contribution is -0.0270. The van der Waals surface area contributed by atoms with E-state index in [1.54, 1.807) is 11.4 Å². The first kappa shape index (κ1) is 20.6. The molecule has 1 aromatic rings. The van der Waals surface area contributed by atoms with Gasteiger partial charge in [0.05, 0.1) is 5.69 Å². The van der Waals surface area contributed by atoms with Gasteiger partial charge >= 0.3 is 0 Å². The molecule has 3 aliphatic carbocycles. The van der Waals surface area contributed by atoms with Crippen molar-refractivity contribution in [1.29, 1.82) is 0 Å². The molecule has 1 unspecified atom stereocenters. The monoisotopic (exact) mass is 432 g/mol. The smallest absolute Gasteiger partial charge is 0.245 e. The first-order valence-electron chi connectivity index (χ1n) is 11.7. The van der Waals surface area contributed by atoms with Crippen LogP contribution in [0.15, 0.2) is 23.1 Å². The van der Waals surface area contributed by atoms with Crippen molar-refractivity contribution in [3.63, 3.8) is 0 Å². The fraction of sp³-hybridized carbons (Fsp3) is 0.739. The number of hydrogen-bond acceptors (Lipinski definition) is 5. The zero-order valence-corrected chi connectivity index (χ0v) is 19.5. The van der Waals surface area contributed by atoms with Crippen LogP contribution in [0, 0.1) is 5.92 Å². The number of unbranched alkanes of at least 4 members (excludes halogenated alkanes) is 1. The van der Waals surface area contributed by atoms with Crippen LogP contribution in [0.4, 0.5) is 11.4 Å². The van der Waals surface area contributed by atoms with Crippen LogP contribution < -0.4 is 9.80 Å². The van der Waals surface area contributed by atoms with Crippen molar-refractivity contribution in [1.82, 2.24) is 9.21 Å². The van der Waals surface area contributed by atoms with Crippen LogP contribution in [-0.4, -0.2) is 76.0 Å². The maximum atomic E-state index is 13.6. The lowest BCUT2D eigenvalue weighted by Gasteiger charge is -2.67. The van der Waals surface area contributed by atoms with E-state index < -0.39 is 10.0 Å². The highest BCUT2D eigenvalue weighted by Gasteiger charge is 2.61. The Bertz CT molecular complexity index is 893. The molecule has 1 aromatic carbocycles. The Labute approximate surface area is 181 Å². The van der Waals surface area contributed by atoms with Crippen molar-refractivity contribution < 1.29 is 8.42 Å². The van der Waals surface area contributed by atoms with E-state index in [-0.39, 0.29) is 11.6 Å². The second kappa shape index (κ2) is 7.38. The first-order valence-corrected chi connectivity index (χ1v) is 13.1. The Morgan fingerprint density at radius 1 is 1.07 bits per heavy atom. The SMILES string of the molecule is CCCCC1CN(C23CC(C2)C3)c2cc(N3CCN(C)CC3)ccc2S(=O)(=O)N1C. The highest BCUT2D eigenvalue weighted by atomic mass is 32.2. The second-order valence-corrected chi connectivity index (χ2v) is 12.0. The molecule has 3 saturated carbocycles. The summed E-state index contributed by atoms with van der Waals surface area (Å²) < 4.78 is 28.9. The molecular formula is C23H36N4O2S. The minimum Gasteiger partial charge on any atom is -0.369 e. The van der Waals surface area contributed by atoms with Gasteiger partial charge in [-0.15, -0.1) is 0 Å². The molecule has 4 fully saturated rings. The third-order valence-electron chi connectivity index (χ3n) is 8.14. The van der Waals surface area contributed by atoms with Gasteiger partial charge in [0.1, 0.15) is 4.90 Å². The molecule has 166 valence electrons. The van der Waals surface area contributed by atoms with Crippen LogP contribution in [-0.2, 0) is 10.0 Å². The van der Waals surface area contributed by atoms with Gasteiger partial charge < -0.3 is 14.7 Å². The molecule has 2 heterocycles. The maximum absolute atomic E-state index is 13.6. The molecule has 5 aliphatic rings. The summed E-state index contributed by atoms with van der Waals surface area (Å²) in [5.74, 6) is 0.862. The predicted molar refractivity (Wildman–Crippen MR) is 122 cm³/mol. The van der Waals surface area contributed by atoms with Crippen molar-refractivity contribution in [3.05, 3.63) is 18.2 Å². The molecule has 6 rings (SSSR count). The molecule has 0 amide bonds. The molecule has 6 nitrogen and oxygen atoms in total. The van der Waals surface area contributed by atoms with Gasteiger partial charge in [0.25, 0.3) is 0 Å². The molecule has 1 saturated heterocycles. The summed E-state index contributed by atoms with van der Waals surface area (Å²) in [5.41, 5.74) is 2.32. The topological polar surface area (TPSA) is 47.1 Å². The summed E-state index contributed by atoms with van der Waals surface area (Å²) in [6.07, 6.45) is 6.79. The number of rotatable bonds is 5. The van der Waals surface area contributed by atoms with E-state index in [2.05, 4.69) is 34.7 Å². The first-order chi connectivity index (χ1) is 14.3. The number of anilines is 2. The summed E-state index contributed by atoms with van der Waals surface area (Å²) in [5, 5.41) is 0. The quantitative estimate of drug-likeness (QED) is 0.716. The average molecular weight is 433 g/mol. The minimum atomic E-state index is -3.49. The van der Waals surface area contributed by atoms with E-state index in [4.69, 9.17) is 0 Å². The highest BCUT2D eigenvalue weighted by Crippen LogP contribution is 2.62. The fourth-order valence-electron chi connectivity index (χ4n) is 5.90. The van der Waals surface area contributed by atoms with Crippen molar-refractivity contribution in [2.24, 2.45) is 5.92 Å². The van der Waals surface area contributed by atoms with Gasteiger partial charge in [-0.2, -0.15) is 4.31 Å². The van der Waals surface area contributed by atoms with Crippen LogP contribution in [0.5, 0.6) is 0 Å². The summed E-state index contributed by atoms with van der Waals surface area (Å²) in [6.45, 7) is 7.09. The van der Waals surface area contributed by atoms with Gasteiger partial charge in [-0.05, 0) is 56.8 Å². The third-order valence-corrected chi connectivity index (χ3v) is 10.1. The van der Waals surface area contributed by atoms with E-state index in [1.807, 2.05) is 12.1 Å². The zero-order valence-electron chi connectivity index (χ0n) is 18.7. The summed E-state index contributed by atoms with van der Waals surface area (Å²) in [7, 11) is 0.467. The van der Waals surface area contributed by atoms with Crippen LogP contribution in [0.3, 0.4) is 0 Å². The predicted octanol–water partition coefficient (Wildman–Crippen LogP) is 2.99. The van der Waals surface area contributed by atoms with Gasteiger partial charge in [0, 0.05) is 57.0 Å². The van der Waals surface area contributed by atoms with Gasteiger partial charge in [0.2, 0.25) is 10.0 Å². The molecule has 0 spiro atoms. The largest absolute Gasteiger partial charge is 0.369 e. The number of hydrogen-bond donors (Lipinski definition) is 0. The number of fused-ring (bicyclic) bond motifs is 1. The Morgan fingerprint density at radius 2 is 1.77 bits per heavy atom. The number of benzene rings is 1. The number of piperazine rings is 1. The Hall–Kier alpha value is -1.31. The van der Waals surface area contributed by atoms with Crippen LogP contribution in [0.2, 0.25) is 0 Å². The third kappa shape index (κ3) is 3.16.